The number of likely N-dealkylation sites (N-methyl/N-ethyl adjacent to an activating group) is 1. The topological polar surface area (TPSA) is 96.7 Å². The fourth-order valence-electron chi connectivity index (χ4n) is 0.743. The van der Waals surface area contributed by atoms with Crippen molar-refractivity contribution < 1.29 is 4.79 Å². The Morgan fingerprint density at radius 1 is 1.86 bits per heavy atom. The fraction of sp³-hybridized carbons (Fsp3) is 0.571. The highest BCUT2D eigenvalue weighted by Gasteiger charge is 2.29. The maximum Gasteiger partial charge on any atom is 0.238 e. The summed E-state index contributed by atoms with van der Waals surface area (Å²) in [4.78, 5) is 15.0. The molecule has 0 aliphatic rings. The number of H-pyrrole nitrogens is 1. The molecule has 1 unspecified atom stereocenters. The Kier molecular flexibility index (Phi) is 3.48. The summed E-state index contributed by atoms with van der Waals surface area (Å²) >= 11 is 1.39. The van der Waals surface area contributed by atoms with Gasteiger partial charge in [-0.2, -0.15) is 5.10 Å². The molecular formula is C7H13N5OS. The molecule has 7 heteroatoms. The number of carbonyl (C=O) groups excluding carboxylic acids is 1. The van der Waals surface area contributed by atoms with E-state index in [-0.39, 0.29) is 5.91 Å². The van der Waals surface area contributed by atoms with Crippen LogP contribution < -0.4 is 11.1 Å². The van der Waals surface area contributed by atoms with Crippen LogP contribution in [0.5, 0.6) is 0 Å². The molecule has 0 fully saturated rings. The van der Waals surface area contributed by atoms with Crippen molar-refractivity contribution in [2.75, 3.05) is 12.8 Å². The normalized spacial score (nSPS) is 15.0. The number of primary amides is 1. The molecule has 1 aromatic rings. The Hall–Kier alpha value is -1.08. The van der Waals surface area contributed by atoms with Crippen molar-refractivity contribution in [2.24, 2.45) is 5.73 Å². The third-order valence-electron chi connectivity index (χ3n) is 1.99. The zero-order valence-electron chi connectivity index (χ0n) is 8.07. The number of thioether (sulfide) groups is 1. The number of nitrogens with two attached hydrogens (primary N) is 1. The molecule has 6 nitrogen and oxygen atoms in total. The summed E-state index contributed by atoms with van der Waals surface area (Å²) < 4.78 is 0. The van der Waals surface area contributed by atoms with Gasteiger partial charge < -0.3 is 11.1 Å². The van der Waals surface area contributed by atoms with Crippen LogP contribution in [0.15, 0.2) is 11.5 Å². The van der Waals surface area contributed by atoms with Crippen molar-refractivity contribution in [3.63, 3.8) is 0 Å². The molecule has 4 N–H and O–H groups in total. The van der Waals surface area contributed by atoms with Crippen LogP contribution in [-0.2, 0) is 4.79 Å². The van der Waals surface area contributed by atoms with Crippen LogP contribution in [0.2, 0.25) is 0 Å². The summed E-state index contributed by atoms with van der Waals surface area (Å²) in [7, 11) is 1.70. The monoisotopic (exact) mass is 215 g/mol. The molecular weight excluding hydrogens is 202 g/mol. The van der Waals surface area contributed by atoms with Gasteiger partial charge in [-0.1, -0.05) is 11.8 Å². The first-order valence-corrected chi connectivity index (χ1v) is 5.04. The average Bonchev–Trinajstić information content (AvgIpc) is 2.66. The SMILES string of the molecule is CNC(C)(CSc1ncn[nH]1)C(N)=O. The van der Waals surface area contributed by atoms with Crippen molar-refractivity contribution in [3.05, 3.63) is 6.33 Å². The second-order valence-corrected chi connectivity index (χ2v) is 3.99. The van der Waals surface area contributed by atoms with E-state index in [1.54, 1.807) is 14.0 Å². The number of hydrogen-bond donors (Lipinski definition) is 3. The summed E-state index contributed by atoms with van der Waals surface area (Å²) in [6, 6.07) is 0. The lowest BCUT2D eigenvalue weighted by Crippen LogP contribution is -2.53. The van der Waals surface area contributed by atoms with Crippen LogP contribution in [0.3, 0.4) is 0 Å². The van der Waals surface area contributed by atoms with E-state index in [2.05, 4.69) is 20.5 Å². The van der Waals surface area contributed by atoms with E-state index in [1.165, 1.54) is 18.1 Å². The molecule has 1 rings (SSSR count). The lowest BCUT2D eigenvalue weighted by molar-refractivity contribution is -0.122. The Morgan fingerprint density at radius 3 is 3.00 bits per heavy atom. The molecule has 0 spiro atoms. The number of nitrogens with one attached hydrogen (secondary N) is 2. The molecule has 0 saturated heterocycles. The molecule has 0 radical (unpaired) electrons. The number of nitrogens with zero attached hydrogens (tertiary/aromatic N) is 2. The lowest BCUT2D eigenvalue weighted by Gasteiger charge is -2.24. The molecule has 1 amide bonds. The lowest BCUT2D eigenvalue weighted by atomic mass is 10.1. The summed E-state index contributed by atoms with van der Waals surface area (Å²) in [5.41, 5.74) is 4.54. The molecule has 1 aromatic heterocycles. The van der Waals surface area contributed by atoms with Crippen LogP contribution in [0, 0.1) is 0 Å². The summed E-state index contributed by atoms with van der Waals surface area (Å²) in [5, 5.41) is 9.95. The van der Waals surface area contributed by atoms with Crippen molar-refractivity contribution in [2.45, 2.75) is 17.6 Å². The first kappa shape index (κ1) is 11.0. The van der Waals surface area contributed by atoms with E-state index in [4.69, 9.17) is 5.73 Å². The Balaban J connectivity index is 2.54. The summed E-state index contributed by atoms with van der Waals surface area (Å²) in [6.45, 7) is 1.75. The van der Waals surface area contributed by atoms with Crippen LogP contribution in [-0.4, -0.2) is 39.4 Å². The second-order valence-electron chi connectivity index (χ2n) is 3.03. The van der Waals surface area contributed by atoms with Gasteiger partial charge in [0.2, 0.25) is 5.91 Å². The summed E-state index contributed by atoms with van der Waals surface area (Å²) in [6.07, 6.45) is 1.42. The number of hydrogen-bond acceptors (Lipinski definition) is 5. The van der Waals surface area contributed by atoms with Crippen molar-refractivity contribution >= 4 is 17.7 Å². The highest BCUT2D eigenvalue weighted by molar-refractivity contribution is 7.99. The molecule has 0 saturated carbocycles. The van der Waals surface area contributed by atoms with Crippen molar-refractivity contribution in [1.29, 1.82) is 0 Å². The first-order chi connectivity index (χ1) is 6.58. The Labute approximate surface area is 86.0 Å². The Bertz CT molecular complexity index is 301. The van der Waals surface area contributed by atoms with Crippen molar-refractivity contribution in [1.82, 2.24) is 20.5 Å². The second kappa shape index (κ2) is 4.43. The minimum atomic E-state index is -0.725. The van der Waals surface area contributed by atoms with E-state index in [0.29, 0.717) is 10.9 Å². The number of aromatic amines is 1. The molecule has 0 aromatic carbocycles. The third kappa shape index (κ3) is 2.46. The maximum absolute atomic E-state index is 11.1. The van der Waals surface area contributed by atoms with Crippen LogP contribution in [0.1, 0.15) is 6.92 Å². The van der Waals surface area contributed by atoms with Gasteiger partial charge in [-0.05, 0) is 14.0 Å². The number of aromatic nitrogens is 3. The average molecular weight is 215 g/mol. The standard InChI is InChI=1S/C7H13N5OS/c1-7(9-2,5(8)13)3-14-6-10-4-11-12-6/h4,9H,3H2,1-2H3,(H2,8,13)(H,10,11,12). The van der Waals surface area contributed by atoms with Gasteiger partial charge >= 0.3 is 0 Å². The minimum Gasteiger partial charge on any atom is -0.368 e. The van der Waals surface area contributed by atoms with Gasteiger partial charge in [0, 0.05) is 5.75 Å². The van der Waals surface area contributed by atoms with Gasteiger partial charge in [0.25, 0.3) is 0 Å². The molecule has 0 aliphatic carbocycles. The number of carbonyl (C=O) groups is 1. The van der Waals surface area contributed by atoms with E-state index in [9.17, 15) is 4.79 Å². The molecule has 1 atom stereocenters. The zero-order chi connectivity index (χ0) is 10.6. The molecule has 14 heavy (non-hydrogen) atoms. The van der Waals surface area contributed by atoms with Crippen LogP contribution in [0.25, 0.3) is 0 Å². The Morgan fingerprint density at radius 2 is 2.57 bits per heavy atom. The molecule has 78 valence electrons. The van der Waals surface area contributed by atoms with Gasteiger partial charge in [0.05, 0.1) is 0 Å². The van der Waals surface area contributed by atoms with E-state index >= 15 is 0 Å². The predicted octanol–water partition coefficient (Wildman–Crippen LogP) is -0.640. The van der Waals surface area contributed by atoms with Gasteiger partial charge in [-0.25, -0.2) is 4.98 Å². The number of rotatable bonds is 5. The molecule has 1 heterocycles. The molecule has 0 bridgehead atoms. The van der Waals surface area contributed by atoms with Crippen molar-refractivity contribution in [3.8, 4) is 0 Å². The van der Waals surface area contributed by atoms with Crippen LogP contribution >= 0.6 is 11.8 Å². The third-order valence-corrected chi connectivity index (χ3v) is 3.18. The maximum atomic E-state index is 11.1. The quantitative estimate of drug-likeness (QED) is 0.568. The fourth-order valence-corrected chi connectivity index (χ4v) is 1.69. The van der Waals surface area contributed by atoms with E-state index in [0.717, 1.165) is 0 Å². The van der Waals surface area contributed by atoms with Gasteiger partial charge in [0.15, 0.2) is 5.16 Å². The van der Waals surface area contributed by atoms with Crippen LogP contribution in [0.4, 0.5) is 0 Å². The predicted molar refractivity (Wildman–Crippen MR) is 53.8 cm³/mol. The van der Waals surface area contributed by atoms with E-state index in [1.807, 2.05) is 0 Å². The number of amides is 1. The first-order valence-electron chi connectivity index (χ1n) is 4.05. The van der Waals surface area contributed by atoms with Gasteiger partial charge in [0.1, 0.15) is 11.9 Å². The zero-order valence-corrected chi connectivity index (χ0v) is 8.89. The highest BCUT2D eigenvalue weighted by Crippen LogP contribution is 2.17. The molecule has 0 aliphatic heterocycles. The van der Waals surface area contributed by atoms with Gasteiger partial charge in [-0.15, -0.1) is 0 Å². The smallest absolute Gasteiger partial charge is 0.238 e. The largest absolute Gasteiger partial charge is 0.368 e. The highest BCUT2D eigenvalue weighted by atomic mass is 32.2. The van der Waals surface area contributed by atoms with E-state index < -0.39 is 5.54 Å². The van der Waals surface area contributed by atoms with Gasteiger partial charge in [-0.3, -0.25) is 9.89 Å². The summed E-state index contributed by atoms with van der Waals surface area (Å²) in [5.74, 6) is 0.126. The minimum absolute atomic E-state index is 0.382.